The Morgan fingerprint density at radius 3 is 2.65 bits per heavy atom. The third kappa shape index (κ3) is 3.87. The number of rotatable bonds is 6. The van der Waals surface area contributed by atoms with Crippen LogP contribution in [0.15, 0.2) is 46.9 Å². The van der Waals surface area contributed by atoms with Gasteiger partial charge in [-0.05, 0) is 85.4 Å². The summed E-state index contributed by atoms with van der Waals surface area (Å²) in [5, 5.41) is 12.1. The fourth-order valence-electron chi connectivity index (χ4n) is 6.24. The van der Waals surface area contributed by atoms with E-state index in [0.29, 0.717) is 24.1 Å². The van der Waals surface area contributed by atoms with Gasteiger partial charge in [-0.1, -0.05) is 24.3 Å². The number of hydrogen-bond acceptors (Lipinski definition) is 5. The monoisotopic (exact) mass is 496 g/mol. The molecule has 2 aliphatic heterocycles. The van der Waals surface area contributed by atoms with Crippen LogP contribution in [-0.2, 0) is 9.59 Å². The van der Waals surface area contributed by atoms with Crippen LogP contribution in [0.5, 0.6) is 0 Å². The average Bonchev–Trinajstić information content (AvgIpc) is 3.79. The van der Waals surface area contributed by atoms with E-state index in [1.54, 1.807) is 0 Å². The average molecular weight is 497 g/mol. The highest BCUT2D eigenvalue weighted by atomic mass is 16.3. The van der Waals surface area contributed by atoms with E-state index in [-0.39, 0.29) is 18.0 Å². The summed E-state index contributed by atoms with van der Waals surface area (Å²) in [7, 11) is 0. The molecule has 1 unspecified atom stereocenters. The first kappa shape index (κ1) is 22.7. The molecular weight excluding hydrogens is 464 g/mol. The lowest BCUT2D eigenvalue weighted by Crippen LogP contribution is -2.37. The number of furan rings is 1. The number of nitrogens with zero attached hydrogens (tertiary/aromatic N) is 2. The number of carbonyl (C=O) groups is 2. The fraction of sp³-hybridized carbons (Fsp3) is 0.433. The summed E-state index contributed by atoms with van der Waals surface area (Å²) in [5.41, 5.74) is 4.88. The number of fused-ring (bicyclic) bond motifs is 1. The van der Waals surface area contributed by atoms with Crippen LogP contribution in [0.3, 0.4) is 0 Å². The molecule has 0 radical (unpaired) electrons. The second-order valence-corrected chi connectivity index (χ2v) is 11.4. The zero-order valence-corrected chi connectivity index (χ0v) is 21.1. The predicted octanol–water partition coefficient (Wildman–Crippen LogP) is 4.63. The van der Waals surface area contributed by atoms with Crippen molar-refractivity contribution in [3.05, 3.63) is 59.4 Å². The molecule has 190 valence electrons. The fourth-order valence-corrected chi connectivity index (χ4v) is 6.24. The van der Waals surface area contributed by atoms with Crippen LogP contribution in [0.4, 0.5) is 0 Å². The lowest BCUT2D eigenvalue weighted by Gasteiger charge is -2.28. The summed E-state index contributed by atoms with van der Waals surface area (Å²) in [6.45, 7) is 4.41. The molecule has 7 nitrogen and oxygen atoms in total. The van der Waals surface area contributed by atoms with Crippen LogP contribution >= 0.6 is 0 Å². The Balaban J connectivity index is 1.13. The molecule has 7 heteroatoms. The van der Waals surface area contributed by atoms with Gasteiger partial charge in [0.25, 0.3) is 0 Å². The highest BCUT2D eigenvalue weighted by molar-refractivity contribution is 5.92. The van der Waals surface area contributed by atoms with E-state index >= 15 is 0 Å². The van der Waals surface area contributed by atoms with Crippen LogP contribution in [0, 0.1) is 24.2 Å². The van der Waals surface area contributed by atoms with E-state index in [4.69, 9.17) is 9.83 Å². The minimum Gasteiger partial charge on any atom is -0.455 e. The van der Waals surface area contributed by atoms with Crippen molar-refractivity contribution in [3.63, 3.8) is 0 Å². The lowest BCUT2D eigenvalue weighted by molar-refractivity contribution is -0.131. The third-order valence-electron chi connectivity index (χ3n) is 8.70. The summed E-state index contributed by atoms with van der Waals surface area (Å²) in [5.74, 6) is 1.67. The van der Waals surface area contributed by atoms with Crippen LogP contribution in [-0.4, -0.2) is 53.0 Å². The van der Waals surface area contributed by atoms with Crippen LogP contribution in [0.1, 0.15) is 55.2 Å². The molecule has 1 spiro atoms. The van der Waals surface area contributed by atoms with Gasteiger partial charge in [-0.3, -0.25) is 14.9 Å². The molecule has 2 atom stereocenters. The van der Waals surface area contributed by atoms with Gasteiger partial charge in [0.2, 0.25) is 11.8 Å². The molecule has 2 N–H and O–H groups in total. The first-order valence-corrected chi connectivity index (χ1v) is 13.5. The second kappa shape index (κ2) is 8.28. The number of amides is 2. The molecule has 7 rings (SSSR count). The highest BCUT2D eigenvalue weighted by Gasteiger charge is 2.59. The van der Waals surface area contributed by atoms with Crippen molar-refractivity contribution in [1.82, 2.24) is 15.1 Å². The van der Waals surface area contributed by atoms with Crippen molar-refractivity contribution in [2.75, 3.05) is 19.6 Å². The van der Waals surface area contributed by atoms with E-state index in [1.165, 1.54) is 6.21 Å². The van der Waals surface area contributed by atoms with E-state index in [2.05, 4.69) is 41.4 Å². The van der Waals surface area contributed by atoms with Crippen molar-refractivity contribution >= 4 is 29.0 Å². The van der Waals surface area contributed by atoms with Crippen LogP contribution in [0.25, 0.3) is 22.1 Å². The Morgan fingerprint density at radius 1 is 1.14 bits per heavy atom. The van der Waals surface area contributed by atoms with Crippen LogP contribution < -0.4 is 5.32 Å². The van der Waals surface area contributed by atoms with Gasteiger partial charge >= 0.3 is 0 Å². The Kier molecular flexibility index (Phi) is 5.09. The smallest absolute Gasteiger partial charge is 0.244 e. The van der Waals surface area contributed by atoms with E-state index in [9.17, 15) is 9.59 Å². The Hall–Kier alpha value is -3.45. The minimum absolute atomic E-state index is 0.135. The number of likely N-dealkylation sites (tertiary alicyclic amines) is 1. The molecule has 2 saturated heterocycles. The first-order valence-electron chi connectivity index (χ1n) is 13.5. The zero-order chi connectivity index (χ0) is 25.3. The van der Waals surface area contributed by atoms with Crippen molar-refractivity contribution < 1.29 is 14.0 Å². The maximum absolute atomic E-state index is 13.5. The minimum atomic E-state index is -0.392. The summed E-state index contributed by atoms with van der Waals surface area (Å²) in [6.07, 6.45) is 5.93. The number of hydrogen-bond donors (Lipinski definition) is 2. The number of aryl methyl sites for hydroxylation is 1. The zero-order valence-electron chi connectivity index (χ0n) is 21.1. The maximum Gasteiger partial charge on any atom is 0.244 e. The molecule has 2 amide bonds. The Morgan fingerprint density at radius 2 is 1.92 bits per heavy atom. The highest BCUT2D eigenvalue weighted by Crippen LogP contribution is 2.47. The SMILES string of the molecule is Cc1cc(-c2ccc3oc(C=N)cc3c2)ccc1C1NC2(CC2)C(=O)N1C[C@@H]1CCN(C(=O)C2CC2)C1. The van der Waals surface area contributed by atoms with Gasteiger partial charge in [-0.2, -0.15) is 0 Å². The second-order valence-electron chi connectivity index (χ2n) is 11.4. The van der Waals surface area contributed by atoms with Crippen molar-refractivity contribution in [3.8, 4) is 11.1 Å². The van der Waals surface area contributed by atoms with Gasteiger partial charge in [-0.25, -0.2) is 0 Å². The van der Waals surface area contributed by atoms with Crippen molar-refractivity contribution in [1.29, 1.82) is 5.41 Å². The normalized spacial score (nSPS) is 24.4. The summed E-state index contributed by atoms with van der Waals surface area (Å²) in [6, 6.07) is 14.5. The molecule has 2 saturated carbocycles. The molecule has 4 fully saturated rings. The Labute approximate surface area is 216 Å². The lowest BCUT2D eigenvalue weighted by atomic mass is 9.97. The molecule has 2 aliphatic carbocycles. The standard InChI is InChI=1S/C30H32N4O3/c1-18-12-21(22-5-7-26-23(13-22)14-24(15-31)37-26)4-6-25(18)27-32-30(9-10-30)29(36)34(27)17-19-8-11-33(16-19)28(35)20-2-3-20/h4-7,12-15,19-20,27,31-32H,2-3,8-11,16-17H2,1H3/t19-,27?/m1/s1. The quantitative estimate of drug-likeness (QED) is 0.487. The predicted molar refractivity (Wildman–Crippen MR) is 141 cm³/mol. The molecular formula is C30H32N4O3. The summed E-state index contributed by atoms with van der Waals surface area (Å²) < 4.78 is 5.64. The molecule has 2 aromatic carbocycles. The van der Waals surface area contributed by atoms with Crippen molar-refractivity contribution in [2.45, 2.75) is 50.7 Å². The molecule has 3 heterocycles. The van der Waals surface area contributed by atoms with Gasteiger partial charge in [0.1, 0.15) is 23.0 Å². The number of nitrogens with one attached hydrogen (secondary N) is 2. The number of benzene rings is 2. The molecule has 37 heavy (non-hydrogen) atoms. The molecule has 0 bridgehead atoms. The van der Waals surface area contributed by atoms with E-state index < -0.39 is 5.54 Å². The first-order chi connectivity index (χ1) is 17.9. The summed E-state index contributed by atoms with van der Waals surface area (Å²) in [4.78, 5) is 30.1. The largest absolute Gasteiger partial charge is 0.455 e. The number of carbonyl (C=O) groups excluding carboxylic acids is 2. The van der Waals surface area contributed by atoms with Crippen LogP contribution in [0.2, 0.25) is 0 Å². The summed E-state index contributed by atoms with van der Waals surface area (Å²) >= 11 is 0. The molecule has 4 aliphatic rings. The van der Waals surface area contributed by atoms with Gasteiger partial charge in [0.05, 0.1) is 6.21 Å². The van der Waals surface area contributed by atoms with Gasteiger partial charge < -0.3 is 19.6 Å². The van der Waals surface area contributed by atoms with Gasteiger partial charge in [0, 0.05) is 30.9 Å². The third-order valence-corrected chi connectivity index (χ3v) is 8.70. The molecule has 3 aromatic rings. The maximum atomic E-state index is 13.5. The van der Waals surface area contributed by atoms with Crippen molar-refractivity contribution in [2.24, 2.45) is 11.8 Å². The topological polar surface area (TPSA) is 89.6 Å². The Bertz CT molecular complexity index is 1430. The van der Waals surface area contributed by atoms with Gasteiger partial charge in [0.15, 0.2) is 0 Å². The molecule has 1 aromatic heterocycles. The van der Waals surface area contributed by atoms with Gasteiger partial charge in [-0.15, -0.1) is 0 Å². The van der Waals surface area contributed by atoms with E-state index in [1.807, 2.05) is 23.1 Å². The van der Waals surface area contributed by atoms with E-state index in [0.717, 1.165) is 78.4 Å².